The molecule has 0 spiro atoms. The zero-order chi connectivity index (χ0) is 11.4. The first-order valence-electron chi connectivity index (χ1n) is 4.16. The fourth-order valence-corrected chi connectivity index (χ4v) is 1.48. The summed E-state index contributed by atoms with van der Waals surface area (Å²) < 4.78 is 5.27. The molecule has 6 heteroatoms. The lowest BCUT2D eigenvalue weighted by molar-refractivity contribution is -0.127. The summed E-state index contributed by atoms with van der Waals surface area (Å²) in [7, 11) is 0. The van der Waals surface area contributed by atoms with Crippen molar-refractivity contribution >= 4 is 29.1 Å². The molecule has 82 valence electrons. The molecular formula is C9H10Cl2N2O2. The van der Waals surface area contributed by atoms with Gasteiger partial charge < -0.3 is 4.74 Å². The summed E-state index contributed by atoms with van der Waals surface area (Å²) in [5.41, 5.74) is 1.98. The van der Waals surface area contributed by atoms with E-state index >= 15 is 0 Å². The molecule has 3 N–H and O–H groups in total. The van der Waals surface area contributed by atoms with Crippen molar-refractivity contribution in [3.05, 3.63) is 28.2 Å². The molecule has 1 atom stereocenters. The van der Waals surface area contributed by atoms with E-state index in [1.54, 1.807) is 25.1 Å². The van der Waals surface area contributed by atoms with Crippen LogP contribution in [0.25, 0.3) is 0 Å². The van der Waals surface area contributed by atoms with E-state index in [0.29, 0.717) is 15.8 Å². The molecule has 0 saturated heterocycles. The van der Waals surface area contributed by atoms with Crippen LogP contribution in [0, 0.1) is 0 Å². The molecule has 1 aromatic carbocycles. The molecule has 15 heavy (non-hydrogen) atoms. The van der Waals surface area contributed by atoms with Crippen molar-refractivity contribution in [3.8, 4) is 5.75 Å². The number of ether oxygens (including phenoxy) is 1. The Morgan fingerprint density at radius 2 is 1.93 bits per heavy atom. The number of benzene rings is 1. The molecule has 1 amide bonds. The van der Waals surface area contributed by atoms with Gasteiger partial charge in [0.2, 0.25) is 0 Å². The van der Waals surface area contributed by atoms with Gasteiger partial charge in [-0.3, -0.25) is 10.2 Å². The smallest absolute Gasteiger partial charge is 0.274 e. The third-order valence-corrected chi connectivity index (χ3v) is 2.10. The minimum atomic E-state index is -0.704. The van der Waals surface area contributed by atoms with Crippen LogP contribution in [0.4, 0.5) is 0 Å². The fraction of sp³-hybridized carbons (Fsp3) is 0.222. The van der Waals surface area contributed by atoms with E-state index in [9.17, 15) is 4.79 Å². The van der Waals surface area contributed by atoms with Gasteiger partial charge in [-0.1, -0.05) is 23.2 Å². The van der Waals surface area contributed by atoms with Crippen LogP contribution in [0.15, 0.2) is 18.2 Å². The highest BCUT2D eigenvalue weighted by Gasteiger charge is 2.13. The van der Waals surface area contributed by atoms with Crippen LogP contribution >= 0.6 is 23.2 Å². The van der Waals surface area contributed by atoms with Gasteiger partial charge in [-0.2, -0.15) is 0 Å². The molecule has 0 bridgehead atoms. The Bertz CT molecular complexity index is 351. The molecule has 0 aliphatic rings. The SMILES string of the molecule is CC(Oc1cc(Cl)cc(Cl)c1)C(=O)NN. The van der Waals surface area contributed by atoms with Crippen molar-refractivity contribution < 1.29 is 9.53 Å². The molecule has 0 radical (unpaired) electrons. The molecule has 1 unspecified atom stereocenters. The van der Waals surface area contributed by atoms with Crippen LogP contribution in [0.3, 0.4) is 0 Å². The lowest BCUT2D eigenvalue weighted by atomic mass is 10.3. The topological polar surface area (TPSA) is 64.3 Å². The molecular weight excluding hydrogens is 239 g/mol. The van der Waals surface area contributed by atoms with Crippen LogP contribution in [0.1, 0.15) is 6.92 Å². The molecule has 0 aliphatic carbocycles. The van der Waals surface area contributed by atoms with Crippen molar-refractivity contribution in [2.24, 2.45) is 5.84 Å². The number of carbonyl (C=O) groups is 1. The third-order valence-electron chi connectivity index (χ3n) is 1.66. The van der Waals surface area contributed by atoms with E-state index in [4.69, 9.17) is 33.8 Å². The van der Waals surface area contributed by atoms with E-state index in [1.807, 2.05) is 5.43 Å². The lowest BCUT2D eigenvalue weighted by Gasteiger charge is -2.13. The fourth-order valence-electron chi connectivity index (χ4n) is 0.972. The third kappa shape index (κ3) is 3.58. The monoisotopic (exact) mass is 248 g/mol. The average Bonchev–Trinajstić information content (AvgIpc) is 2.14. The second-order valence-electron chi connectivity index (χ2n) is 2.87. The maximum absolute atomic E-state index is 11.1. The first kappa shape index (κ1) is 12.1. The summed E-state index contributed by atoms with van der Waals surface area (Å²) in [4.78, 5) is 11.1. The van der Waals surface area contributed by atoms with Gasteiger partial charge in [-0.15, -0.1) is 0 Å². The van der Waals surface area contributed by atoms with Gasteiger partial charge in [-0.25, -0.2) is 5.84 Å². The van der Waals surface area contributed by atoms with Crippen molar-refractivity contribution in [2.45, 2.75) is 13.0 Å². The predicted octanol–water partition coefficient (Wildman–Crippen LogP) is 1.75. The van der Waals surface area contributed by atoms with Crippen LogP contribution in [-0.4, -0.2) is 12.0 Å². The summed E-state index contributed by atoms with van der Waals surface area (Å²) in [5, 5.41) is 0.885. The van der Waals surface area contributed by atoms with Gasteiger partial charge in [0.05, 0.1) is 0 Å². The van der Waals surface area contributed by atoms with E-state index in [1.165, 1.54) is 0 Å². The van der Waals surface area contributed by atoms with Crippen LogP contribution < -0.4 is 16.0 Å². The number of nitrogens with two attached hydrogens (primary N) is 1. The number of carbonyl (C=O) groups excluding carboxylic acids is 1. The van der Waals surface area contributed by atoms with Gasteiger partial charge in [0.15, 0.2) is 6.10 Å². The van der Waals surface area contributed by atoms with Crippen molar-refractivity contribution in [2.75, 3.05) is 0 Å². The largest absolute Gasteiger partial charge is 0.481 e. The number of hydrogen-bond donors (Lipinski definition) is 2. The summed E-state index contributed by atoms with van der Waals surface area (Å²) in [6, 6.07) is 4.70. The summed E-state index contributed by atoms with van der Waals surface area (Å²) in [5.74, 6) is 4.95. The Hall–Kier alpha value is -0.970. The van der Waals surface area contributed by atoms with E-state index in [2.05, 4.69) is 0 Å². The zero-order valence-electron chi connectivity index (χ0n) is 7.96. The van der Waals surface area contributed by atoms with Crippen LogP contribution in [0.5, 0.6) is 5.75 Å². The Morgan fingerprint density at radius 3 is 2.40 bits per heavy atom. The molecule has 0 heterocycles. The van der Waals surface area contributed by atoms with Gasteiger partial charge in [0.1, 0.15) is 5.75 Å². The second kappa shape index (κ2) is 5.21. The Kier molecular flexibility index (Phi) is 4.20. The first-order valence-corrected chi connectivity index (χ1v) is 4.91. The number of rotatable bonds is 3. The van der Waals surface area contributed by atoms with Gasteiger partial charge in [0, 0.05) is 10.0 Å². The molecule has 1 rings (SSSR count). The normalized spacial score (nSPS) is 12.0. The van der Waals surface area contributed by atoms with E-state index in [0.717, 1.165) is 0 Å². The van der Waals surface area contributed by atoms with Gasteiger partial charge in [0.25, 0.3) is 5.91 Å². The number of hydrogen-bond acceptors (Lipinski definition) is 3. The van der Waals surface area contributed by atoms with Crippen molar-refractivity contribution in [3.63, 3.8) is 0 Å². The maximum atomic E-state index is 11.1. The molecule has 0 fully saturated rings. The Labute approximate surface area is 97.3 Å². The Balaban J connectivity index is 2.76. The molecule has 0 aromatic heterocycles. The van der Waals surface area contributed by atoms with E-state index in [-0.39, 0.29) is 0 Å². The van der Waals surface area contributed by atoms with E-state index < -0.39 is 12.0 Å². The van der Waals surface area contributed by atoms with Crippen molar-refractivity contribution in [1.29, 1.82) is 0 Å². The maximum Gasteiger partial charge on any atom is 0.274 e. The quantitative estimate of drug-likeness (QED) is 0.487. The number of amides is 1. The van der Waals surface area contributed by atoms with Crippen LogP contribution in [0.2, 0.25) is 10.0 Å². The second-order valence-corrected chi connectivity index (χ2v) is 3.75. The number of hydrazine groups is 1. The molecule has 0 saturated carbocycles. The van der Waals surface area contributed by atoms with Gasteiger partial charge >= 0.3 is 0 Å². The zero-order valence-corrected chi connectivity index (χ0v) is 9.47. The number of nitrogens with one attached hydrogen (secondary N) is 1. The van der Waals surface area contributed by atoms with Crippen LogP contribution in [-0.2, 0) is 4.79 Å². The average molecular weight is 249 g/mol. The lowest BCUT2D eigenvalue weighted by Crippen LogP contribution is -2.40. The summed E-state index contributed by atoms with van der Waals surface area (Å²) >= 11 is 11.5. The first-order chi connectivity index (χ1) is 7.02. The minimum absolute atomic E-state index is 0.420. The molecule has 4 nitrogen and oxygen atoms in total. The highest BCUT2D eigenvalue weighted by molar-refractivity contribution is 6.34. The van der Waals surface area contributed by atoms with Crippen molar-refractivity contribution in [1.82, 2.24) is 5.43 Å². The highest BCUT2D eigenvalue weighted by Crippen LogP contribution is 2.24. The summed E-state index contributed by atoms with van der Waals surface area (Å²) in [6.45, 7) is 1.57. The minimum Gasteiger partial charge on any atom is -0.481 e. The summed E-state index contributed by atoms with van der Waals surface area (Å²) in [6.07, 6.45) is -0.704. The standard InChI is InChI=1S/C9H10Cl2N2O2/c1-5(9(14)13-12)15-8-3-6(10)2-7(11)4-8/h2-5H,12H2,1H3,(H,13,14). The highest BCUT2D eigenvalue weighted by atomic mass is 35.5. The number of halogens is 2. The predicted molar refractivity (Wildman–Crippen MR) is 58.9 cm³/mol. The van der Waals surface area contributed by atoms with Gasteiger partial charge in [-0.05, 0) is 25.1 Å². The molecule has 0 aliphatic heterocycles. The molecule has 1 aromatic rings. The Morgan fingerprint density at radius 1 is 1.40 bits per heavy atom.